The van der Waals surface area contributed by atoms with Crippen LogP contribution in [-0.2, 0) is 10.0 Å². The lowest BCUT2D eigenvalue weighted by Crippen LogP contribution is -2.16. The molecule has 5 nitrogen and oxygen atoms in total. The van der Waals surface area contributed by atoms with E-state index < -0.39 is 10.0 Å². The largest absolute Gasteiger partial charge is 0.288 e. The van der Waals surface area contributed by atoms with E-state index in [-0.39, 0.29) is 16.4 Å². The molecular formula is C22H22N2O3S. The first-order valence-corrected chi connectivity index (χ1v) is 10.3. The van der Waals surface area contributed by atoms with Crippen LogP contribution in [0, 0.1) is 27.7 Å². The van der Waals surface area contributed by atoms with Crippen molar-refractivity contribution in [1.29, 1.82) is 0 Å². The van der Waals surface area contributed by atoms with Crippen molar-refractivity contribution >= 4 is 21.5 Å². The second-order valence-corrected chi connectivity index (χ2v) is 8.60. The number of hydrogen-bond donors (Lipinski definition) is 1. The van der Waals surface area contributed by atoms with Crippen molar-refractivity contribution in [2.75, 3.05) is 4.72 Å². The predicted molar refractivity (Wildman–Crippen MR) is 110 cm³/mol. The van der Waals surface area contributed by atoms with Crippen LogP contribution in [0.5, 0.6) is 0 Å². The van der Waals surface area contributed by atoms with E-state index in [2.05, 4.69) is 9.71 Å². The van der Waals surface area contributed by atoms with Crippen molar-refractivity contribution in [3.05, 3.63) is 88.2 Å². The van der Waals surface area contributed by atoms with E-state index in [1.54, 1.807) is 48.5 Å². The van der Waals surface area contributed by atoms with Gasteiger partial charge in [-0.05, 0) is 75.2 Å². The van der Waals surface area contributed by atoms with Crippen LogP contribution in [0.4, 0.5) is 5.69 Å². The van der Waals surface area contributed by atoms with Crippen LogP contribution in [0.1, 0.15) is 38.3 Å². The van der Waals surface area contributed by atoms with Crippen LogP contribution in [0.25, 0.3) is 0 Å². The number of aryl methyl sites for hydroxylation is 4. The molecule has 2 aromatic carbocycles. The molecule has 144 valence electrons. The molecule has 0 bridgehead atoms. The third-order valence-electron chi connectivity index (χ3n) is 4.63. The van der Waals surface area contributed by atoms with Gasteiger partial charge in [-0.1, -0.05) is 17.7 Å². The first-order valence-electron chi connectivity index (χ1n) is 8.85. The average molecular weight is 394 g/mol. The molecule has 0 radical (unpaired) electrons. The summed E-state index contributed by atoms with van der Waals surface area (Å²) in [7, 11) is -3.82. The molecule has 3 rings (SSSR count). The Bertz CT molecular complexity index is 1130. The highest BCUT2D eigenvalue weighted by Gasteiger charge is 2.21. The zero-order valence-electron chi connectivity index (χ0n) is 16.3. The number of pyridine rings is 1. The smallest absolute Gasteiger partial charge is 0.261 e. The molecule has 1 aromatic heterocycles. The number of aromatic nitrogens is 1. The summed E-state index contributed by atoms with van der Waals surface area (Å²) in [4.78, 5) is 17.3. The predicted octanol–water partition coefficient (Wildman–Crippen LogP) is 4.35. The Morgan fingerprint density at radius 1 is 0.893 bits per heavy atom. The maximum atomic E-state index is 13.0. The fraction of sp³-hybridized carbons (Fsp3) is 0.182. The highest BCUT2D eigenvalue weighted by Crippen LogP contribution is 2.26. The van der Waals surface area contributed by atoms with Crippen molar-refractivity contribution < 1.29 is 13.2 Å². The molecule has 6 heteroatoms. The van der Waals surface area contributed by atoms with Gasteiger partial charge in [0.05, 0.1) is 10.6 Å². The number of carbonyl (C=O) groups is 1. The maximum absolute atomic E-state index is 13.0. The second-order valence-electron chi connectivity index (χ2n) is 6.92. The van der Waals surface area contributed by atoms with Gasteiger partial charge in [0.25, 0.3) is 10.0 Å². The number of ketones is 1. The molecule has 28 heavy (non-hydrogen) atoms. The average Bonchev–Trinajstić information content (AvgIpc) is 2.64. The standard InChI is InChI=1S/C22H22N2O3S/c1-14-5-9-19(10-6-14)28(26,27)24-21-12-16(3)15(2)11-20(21)22(25)18-8-7-17(4)23-13-18/h5-13,24H,1-4H3. The van der Waals surface area contributed by atoms with Crippen LogP contribution in [-0.4, -0.2) is 19.2 Å². The number of nitrogens with zero attached hydrogens (tertiary/aromatic N) is 1. The Balaban J connectivity index is 2.05. The number of carbonyl (C=O) groups excluding carboxylic acids is 1. The number of hydrogen-bond acceptors (Lipinski definition) is 4. The Morgan fingerprint density at radius 2 is 1.54 bits per heavy atom. The molecule has 0 unspecified atom stereocenters. The molecule has 0 amide bonds. The zero-order valence-corrected chi connectivity index (χ0v) is 17.1. The highest BCUT2D eigenvalue weighted by molar-refractivity contribution is 7.92. The normalized spacial score (nSPS) is 11.3. The third kappa shape index (κ3) is 4.12. The summed E-state index contributed by atoms with van der Waals surface area (Å²) >= 11 is 0. The lowest BCUT2D eigenvalue weighted by Gasteiger charge is -2.15. The summed E-state index contributed by atoms with van der Waals surface area (Å²) in [5, 5.41) is 0. The van der Waals surface area contributed by atoms with Crippen LogP contribution in [0.3, 0.4) is 0 Å². The van der Waals surface area contributed by atoms with Gasteiger partial charge in [0.15, 0.2) is 5.78 Å². The maximum Gasteiger partial charge on any atom is 0.261 e. The molecule has 0 spiro atoms. The van der Waals surface area contributed by atoms with E-state index in [9.17, 15) is 13.2 Å². The van der Waals surface area contributed by atoms with Gasteiger partial charge in [0.2, 0.25) is 0 Å². The van der Waals surface area contributed by atoms with E-state index in [0.29, 0.717) is 11.1 Å². The van der Waals surface area contributed by atoms with E-state index in [1.807, 2.05) is 27.7 Å². The minimum absolute atomic E-state index is 0.145. The van der Waals surface area contributed by atoms with Crippen LogP contribution >= 0.6 is 0 Å². The summed E-state index contributed by atoms with van der Waals surface area (Å²) in [6.45, 7) is 7.49. The number of nitrogens with one attached hydrogen (secondary N) is 1. The summed E-state index contributed by atoms with van der Waals surface area (Å²) < 4.78 is 28.2. The van der Waals surface area contributed by atoms with Crippen molar-refractivity contribution in [2.24, 2.45) is 0 Å². The first-order chi connectivity index (χ1) is 13.2. The Hall–Kier alpha value is -2.99. The van der Waals surface area contributed by atoms with Gasteiger partial charge < -0.3 is 0 Å². The van der Waals surface area contributed by atoms with Gasteiger partial charge >= 0.3 is 0 Å². The number of anilines is 1. The van der Waals surface area contributed by atoms with Crippen LogP contribution in [0.15, 0.2) is 59.6 Å². The topological polar surface area (TPSA) is 76.1 Å². The van der Waals surface area contributed by atoms with Crippen molar-refractivity contribution in [3.8, 4) is 0 Å². The number of rotatable bonds is 5. The summed E-state index contributed by atoms with van der Waals surface area (Å²) in [6.07, 6.45) is 1.51. The zero-order chi connectivity index (χ0) is 20.5. The molecule has 0 atom stereocenters. The van der Waals surface area contributed by atoms with Gasteiger partial charge in [-0.3, -0.25) is 14.5 Å². The molecule has 0 saturated heterocycles. The first kappa shape index (κ1) is 19.8. The minimum atomic E-state index is -3.82. The van der Waals surface area contributed by atoms with E-state index in [1.165, 1.54) is 6.20 Å². The van der Waals surface area contributed by atoms with E-state index in [4.69, 9.17) is 0 Å². The number of sulfonamides is 1. The fourth-order valence-corrected chi connectivity index (χ4v) is 3.84. The molecule has 0 fully saturated rings. The van der Waals surface area contributed by atoms with E-state index in [0.717, 1.165) is 22.4 Å². The SMILES string of the molecule is Cc1ccc(S(=O)(=O)Nc2cc(C)c(C)cc2C(=O)c2ccc(C)nc2)cc1. The van der Waals surface area contributed by atoms with Crippen molar-refractivity contribution in [3.63, 3.8) is 0 Å². The second kappa shape index (κ2) is 7.56. The third-order valence-corrected chi connectivity index (χ3v) is 6.01. The van der Waals surface area contributed by atoms with Gasteiger partial charge in [-0.15, -0.1) is 0 Å². The fourth-order valence-electron chi connectivity index (χ4n) is 2.77. The van der Waals surface area contributed by atoms with Crippen LogP contribution < -0.4 is 4.72 Å². The lowest BCUT2D eigenvalue weighted by molar-refractivity contribution is 0.103. The lowest BCUT2D eigenvalue weighted by atomic mass is 9.98. The van der Waals surface area contributed by atoms with Crippen molar-refractivity contribution in [2.45, 2.75) is 32.6 Å². The van der Waals surface area contributed by atoms with Crippen molar-refractivity contribution in [1.82, 2.24) is 4.98 Å². The quantitative estimate of drug-likeness (QED) is 0.653. The van der Waals surface area contributed by atoms with Crippen LogP contribution in [0.2, 0.25) is 0 Å². The number of benzene rings is 2. The monoisotopic (exact) mass is 394 g/mol. The van der Waals surface area contributed by atoms with Gasteiger partial charge in [0, 0.05) is 23.0 Å². The Labute approximate surface area is 165 Å². The van der Waals surface area contributed by atoms with E-state index >= 15 is 0 Å². The molecule has 0 aliphatic carbocycles. The summed E-state index contributed by atoms with van der Waals surface area (Å²) in [5.74, 6) is -0.280. The molecule has 0 aliphatic rings. The van der Waals surface area contributed by atoms with Gasteiger partial charge in [-0.25, -0.2) is 8.42 Å². The summed E-state index contributed by atoms with van der Waals surface area (Å²) in [6, 6.07) is 13.4. The molecule has 1 heterocycles. The Kier molecular flexibility index (Phi) is 5.34. The van der Waals surface area contributed by atoms with Gasteiger partial charge in [0.1, 0.15) is 0 Å². The molecule has 3 aromatic rings. The minimum Gasteiger partial charge on any atom is -0.288 e. The Morgan fingerprint density at radius 3 is 2.14 bits per heavy atom. The summed E-state index contributed by atoms with van der Waals surface area (Å²) in [5.41, 5.74) is 4.52. The molecule has 0 aliphatic heterocycles. The molecular weight excluding hydrogens is 372 g/mol. The van der Waals surface area contributed by atoms with Gasteiger partial charge in [-0.2, -0.15) is 0 Å². The molecule has 1 N–H and O–H groups in total. The highest BCUT2D eigenvalue weighted by atomic mass is 32.2. The molecule has 0 saturated carbocycles.